The normalized spacial score (nSPS) is 11.0. The molecule has 0 N–H and O–H groups in total. The van der Waals surface area contributed by atoms with Gasteiger partial charge in [0.15, 0.2) is 0 Å². The highest BCUT2D eigenvalue weighted by Gasteiger charge is 2.14. The fraction of sp³-hybridized carbons (Fsp3) is 0.250. The molecule has 3 heteroatoms. The SMILES string of the molecule is CCOc1cc(C)c(-c2cc3ccccc3n(C)c2=O)c(C)c1. The summed E-state index contributed by atoms with van der Waals surface area (Å²) in [5.41, 5.74) is 4.83. The van der Waals surface area contributed by atoms with E-state index >= 15 is 0 Å². The van der Waals surface area contributed by atoms with Crippen LogP contribution in [0.3, 0.4) is 0 Å². The molecule has 1 heterocycles. The number of fused-ring (bicyclic) bond motifs is 1. The van der Waals surface area contributed by atoms with Crippen molar-refractivity contribution in [1.29, 1.82) is 0 Å². The Balaban J connectivity index is 2.29. The van der Waals surface area contributed by atoms with E-state index in [1.807, 2.05) is 70.3 Å². The molecule has 2 aromatic carbocycles. The minimum absolute atomic E-state index is 0.0269. The molecule has 1 aromatic heterocycles. The zero-order valence-corrected chi connectivity index (χ0v) is 14.0. The third-order valence-electron chi connectivity index (χ3n) is 4.22. The van der Waals surface area contributed by atoms with Crippen LogP contribution in [-0.2, 0) is 7.05 Å². The molecule has 0 aliphatic rings. The second-order valence-electron chi connectivity index (χ2n) is 5.85. The van der Waals surface area contributed by atoms with Crippen molar-refractivity contribution in [2.75, 3.05) is 6.61 Å². The van der Waals surface area contributed by atoms with Crippen LogP contribution >= 0.6 is 0 Å². The highest BCUT2D eigenvalue weighted by Crippen LogP contribution is 2.30. The molecule has 0 amide bonds. The van der Waals surface area contributed by atoms with Gasteiger partial charge >= 0.3 is 0 Å². The van der Waals surface area contributed by atoms with Crippen molar-refractivity contribution < 1.29 is 4.74 Å². The Morgan fingerprint density at radius 3 is 2.35 bits per heavy atom. The monoisotopic (exact) mass is 307 g/mol. The van der Waals surface area contributed by atoms with Crippen LogP contribution in [0.4, 0.5) is 0 Å². The number of hydrogen-bond acceptors (Lipinski definition) is 2. The van der Waals surface area contributed by atoms with Crippen LogP contribution in [0.25, 0.3) is 22.0 Å². The minimum Gasteiger partial charge on any atom is -0.494 e. The van der Waals surface area contributed by atoms with Gasteiger partial charge in [-0.3, -0.25) is 4.79 Å². The van der Waals surface area contributed by atoms with Crippen molar-refractivity contribution in [2.24, 2.45) is 7.05 Å². The van der Waals surface area contributed by atoms with Crippen LogP contribution in [-0.4, -0.2) is 11.2 Å². The third-order valence-corrected chi connectivity index (χ3v) is 4.22. The number of hydrogen-bond donors (Lipinski definition) is 0. The smallest absolute Gasteiger partial charge is 0.258 e. The summed E-state index contributed by atoms with van der Waals surface area (Å²) in [5.74, 6) is 0.851. The zero-order chi connectivity index (χ0) is 16.6. The van der Waals surface area contributed by atoms with Gasteiger partial charge in [-0.1, -0.05) is 18.2 Å². The molecule has 3 aromatic rings. The number of para-hydroxylation sites is 1. The molecule has 0 aliphatic heterocycles. The first-order chi connectivity index (χ1) is 11.0. The van der Waals surface area contributed by atoms with Crippen molar-refractivity contribution in [2.45, 2.75) is 20.8 Å². The predicted octanol–water partition coefficient (Wildman–Crippen LogP) is 4.22. The lowest BCUT2D eigenvalue weighted by molar-refractivity contribution is 0.340. The van der Waals surface area contributed by atoms with Gasteiger partial charge in [-0.25, -0.2) is 0 Å². The average molecular weight is 307 g/mol. The lowest BCUT2D eigenvalue weighted by atomic mass is 9.95. The van der Waals surface area contributed by atoms with Crippen LogP contribution in [0.2, 0.25) is 0 Å². The lowest BCUT2D eigenvalue weighted by Crippen LogP contribution is -2.19. The second kappa shape index (κ2) is 5.92. The molecule has 0 radical (unpaired) electrons. The summed E-state index contributed by atoms with van der Waals surface area (Å²) in [6, 6.07) is 14.0. The van der Waals surface area contributed by atoms with E-state index in [1.165, 1.54) is 0 Å². The summed E-state index contributed by atoms with van der Waals surface area (Å²) in [6.07, 6.45) is 0. The number of aromatic nitrogens is 1. The third kappa shape index (κ3) is 2.63. The van der Waals surface area contributed by atoms with Gasteiger partial charge in [0.25, 0.3) is 5.56 Å². The number of pyridine rings is 1. The Bertz CT molecular complexity index is 915. The molecule has 0 spiro atoms. The largest absolute Gasteiger partial charge is 0.494 e. The quantitative estimate of drug-likeness (QED) is 0.725. The topological polar surface area (TPSA) is 31.2 Å². The van der Waals surface area contributed by atoms with Gasteiger partial charge in [0.05, 0.1) is 12.1 Å². The van der Waals surface area contributed by atoms with Crippen LogP contribution in [0.5, 0.6) is 5.75 Å². The van der Waals surface area contributed by atoms with E-state index in [1.54, 1.807) is 4.57 Å². The summed E-state index contributed by atoms with van der Waals surface area (Å²) in [4.78, 5) is 12.8. The number of rotatable bonds is 3. The first-order valence-electron chi connectivity index (χ1n) is 7.86. The molecule has 0 saturated carbocycles. The Kier molecular flexibility index (Phi) is 3.95. The maximum absolute atomic E-state index is 12.8. The van der Waals surface area contributed by atoms with E-state index in [-0.39, 0.29) is 5.56 Å². The van der Waals surface area contributed by atoms with E-state index in [4.69, 9.17) is 4.74 Å². The molecule has 3 nitrogen and oxygen atoms in total. The molecular weight excluding hydrogens is 286 g/mol. The molecule has 118 valence electrons. The molecule has 0 unspecified atom stereocenters. The predicted molar refractivity (Wildman–Crippen MR) is 95.3 cm³/mol. The van der Waals surface area contributed by atoms with Crippen LogP contribution < -0.4 is 10.3 Å². The molecule has 0 saturated heterocycles. The molecule has 0 atom stereocenters. The van der Waals surface area contributed by atoms with Crippen molar-refractivity contribution in [1.82, 2.24) is 4.57 Å². The van der Waals surface area contributed by atoms with Crippen molar-refractivity contribution in [3.63, 3.8) is 0 Å². The molecule has 0 bridgehead atoms. The molecule has 23 heavy (non-hydrogen) atoms. The van der Waals surface area contributed by atoms with Crippen molar-refractivity contribution in [3.05, 3.63) is 63.9 Å². The summed E-state index contributed by atoms with van der Waals surface area (Å²) in [7, 11) is 1.83. The van der Waals surface area contributed by atoms with E-state index in [0.717, 1.165) is 38.9 Å². The summed E-state index contributed by atoms with van der Waals surface area (Å²) in [6.45, 7) is 6.66. The Hall–Kier alpha value is -2.55. The van der Waals surface area contributed by atoms with Crippen LogP contribution in [0, 0.1) is 13.8 Å². The summed E-state index contributed by atoms with van der Waals surface area (Å²) < 4.78 is 7.32. The summed E-state index contributed by atoms with van der Waals surface area (Å²) in [5, 5.41) is 1.07. The number of ether oxygens (including phenoxy) is 1. The van der Waals surface area contributed by atoms with Gasteiger partial charge < -0.3 is 9.30 Å². The van der Waals surface area contributed by atoms with E-state index in [0.29, 0.717) is 6.61 Å². The first-order valence-corrected chi connectivity index (χ1v) is 7.86. The first kappa shape index (κ1) is 15.3. The second-order valence-corrected chi connectivity index (χ2v) is 5.85. The maximum Gasteiger partial charge on any atom is 0.258 e. The van der Waals surface area contributed by atoms with Crippen molar-refractivity contribution >= 4 is 10.9 Å². The van der Waals surface area contributed by atoms with Crippen molar-refractivity contribution in [3.8, 4) is 16.9 Å². The highest BCUT2D eigenvalue weighted by molar-refractivity contribution is 5.85. The van der Waals surface area contributed by atoms with Gasteiger partial charge in [0, 0.05) is 12.6 Å². The van der Waals surface area contributed by atoms with Gasteiger partial charge in [-0.2, -0.15) is 0 Å². The average Bonchev–Trinajstić information content (AvgIpc) is 2.52. The fourth-order valence-electron chi connectivity index (χ4n) is 3.20. The van der Waals surface area contributed by atoms with E-state index < -0.39 is 0 Å². The fourth-order valence-corrected chi connectivity index (χ4v) is 3.20. The number of benzene rings is 2. The van der Waals surface area contributed by atoms with Crippen LogP contribution in [0.15, 0.2) is 47.3 Å². The standard InChI is InChI=1S/C20H21NO2/c1-5-23-16-10-13(2)19(14(3)11-16)17-12-15-8-6-7-9-18(15)21(4)20(17)22/h6-12H,5H2,1-4H3. The molecule has 0 fully saturated rings. The molecule has 0 aliphatic carbocycles. The maximum atomic E-state index is 12.8. The molecule has 3 rings (SSSR count). The van der Waals surface area contributed by atoms with Crippen LogP contribution in [0.1, 0.15) is 18.1 Å². The van der Waals surface area contributed by atoms with E-state index in [9.17, 15) is 4.79 Å². The van der Waals surface area contributed by atoms with Gasteiger partial charge in [0.2, 0.25) is 0 Å². The Labute approximate surface area is 136 Å². The lowest BCUT2D eigenvalue weighted by Gasteiger charge is -2.15. The number of nitrogens with zero attached hydrogens (tertiary/aromatic N) is 1. The zero-order valence-electron chi connectivity index (χ0n) is 14.0. The Morgan fingerprint density at radius 1 is 1.04 bits per heavy atom. The van der Waals surface area contributed by atoms with E-state index in [2.05, 4.69) is 0 Å². The van der Waals surface area contributed by atoms with Gasteiger partial charge in [-0.15, -0.1) is 0 Å². The number of aryl methyl sites for hydroxylation is 3. The van der Waals surface area contributed by atoms with Gasteiger partial charge in [-0.05, 0) is 67.1 Å². The Morgan fingerprint density at radius 2 is 1.70 bits per heavy atom. The summed E-state index contributed by atoms with van der Waals surface area (Å²) >= 11 is 0. The van der Waals surface area contributed by atoms with Gasteiger partial charge in [0.1, 0.15) is 5.75 Å². The molecular formula is C20H21NO2. The highest BCUT2D eigenvalue weighted by atomic mass is 16.5. The minimum atomic E-state index is 0.0269.